The molecular formula is C47H34N14Na4O12S4. The molecule has 26 nitrogen and oxygen atoms in total. The number of anilines is 6. The number of aryl methyl sites for hydroxylation is 2. The molecule has 0 aliphatic rings. The van der Waals surface area contributed by atoms with Crippen LogP contribution in [0.1, 0.15) is 11.1 Å². The van der Waals surface area contributed by atoms with Gasteiger partial charge in [-0.05, 0) is 158 Å². The minimum atomic E-state index is -5.09. The molecule has 3 N–H and O–H groups in total. The van der Waals surface area contributed by atoms with Crippen LogP contribution in [-0.2, 0) is 39.7 Å². The van der Waals surface area contributed by atoms with Gasteiger partial charge in [-0.25, -0.2) is 25.3 Å². The predicted octanol–water partition coefficient (Wildman–Crippen LogP) is -0.660. The number of rotatable bonds is 20. The second kappa shape index (κ2) is 31.3. The SMILES string of the molecule is Cc1cc(Nc2nc(Nc3ccccc3)nc(Nc3ccc(N=Nc4ccc(N=Nc5ccc(S(=O)(=O)[O-])cc5)cc4S(=O)(=O)[O-])c(C)c3)n2)ccc1N=Nc1ccc(N=Nc2ccc(SOO[O-])cc2)cc1S(=O)(=O)[O-].[Na+].[Na+].[Na+].[Na+]. The number of hydrogen-bond acceptors (Lipinski definition) is 27. The van der Waals surface area contributed by atoms with E-state index in [1.165, 1.54) is 36.4 Å². The molecule has 0 spiro atoms. The van der Waals surface area contributed by atoms with E-state index in [9.17, 15) is 44.2 Å². The zero-order valence-electron chi connectivity index (χ0n) is 43.4. The van der Waals surface area contributed by atoms with Crippen molar-refractivity contribution >= 4 is 123 Å². The van der Waals surface area contributed by atoms with Gasteiger partial charge in [0.2, 0.25) is 17.8 Å². The molecular weight excluding hydrogens is 1170 g/mol. The minimum Gasteiger partial charge on any atom is -0.744 e. The second-order valence-corrected chi connectivity index (χ2v) is 20.6. The van der Waals surface area contributed by atoms with Gasteiger partial charge in [-0.1, -0.05) is 18.2 Å². The Labute approximate surface area is 555 Å². The normalized spacial score (nSPS) is 11.7. The fraction of sp³-hybridized carbons (Fsp3) is 0.0426. The Morgan fingerprint density at radius 3 is 1.19 bits per heavy atom. The summed E-state index contributed by atoms with van der Waals surface area (Å²) < 4.78 is 112. The number of aromatic nitrogens is 3. The Morgan fingerprint density at radius 1 is 0.420 bits per heavy atom. The van der Waals surface area contributed by atoms with Crippen LogP contribution in [0.25, 0.3) is 0 Å². The maximum absolute atomic E-state index is 12.3. The van der Waals surface area contributed by atoms with Gasteiger partial charge < -0.3 is 34.9 Å². The van der Waals surface area contributed by atoms with Gasteiger partial charge >= 0.3 is 118 Å². The van der Waals surface area contributed by atoms with Crippen LogP contribution in [0.5, 0.6) is 0 Å². The Bertz CT molecular complexity index is 3980. The van der Waals surface area contributed by atoms with E-state index >= 15 is 0 Å². The number of benzene rings is 7. The van der Waals surface area contributed by atoms with Gasteiger partial charge in [0, 0.05) is 22.0 Å². The van der Waals surface area contributed by atoms with Crippen LogP contribution in [0.15, 0.2) is 212 Å². The quantitative estimate of drug-likeness (QED) is 0.0213. The smallest absolute Gasteiger partial charge is 0.744 e. The van der Waals surface area contributed by atoms with Crippen LogP contribution in [-0.4, -0.2) is 53.9 Å². The molecule has 34 heteroatoms. The van der Waals surface area contributed by atoms with Crippen LogP contribution < -0.4 is 139 Å². The summed E-state index contributed by atoms with van der Waals surface area (Å²) >= 11 is 0.685. The van der Waals surface area contributed by atoms with Crippen molar-refractivity contribution < 1.29 is 172 Å². The maximum Gasteiger partial charge on any atom is 1.00 e. The van der Waals surface area contributed by atoms with Gasteiger partial charge in [0.25, 0.3) is 0 Å². The van der Waals surface area contributed by atoms with Gasteiger partial charge in [0.15, 0.2) is 0 Å². The fourth-order valence-corrected chi connectivity index (χ4v) is 8.67. The van der Waals surface area contributed by atoms with Gasteiger partial charge in [-0.3, -0.25) is 5.04 Å². The predicted molar refractivity (Wildman–Crippen MR) is 273 cm³/mol. The number of azo groups is 4. The average Bonchev–Trinajstić information content (AvgIpc) is 3.39. The summed E-state index contributed by atoms with van der Waals surface area (Å²) in [4.78, 5) is 12.3. The topological polar surface area (TPSA) is 387 Å². The maximum atomic E-state index is 12.3. The molecule has 0 saturated carbocycles. The van der Waals surface area contributed by atoms with Crippen LogP contribution >= 0.6 is 12.0 Å². The molecule has 81 heavy (non-hydrogen) atoms. The molecule has 1 aromatic heterocycles. The van der Waals surface area contributed by atoms with Crippen molar-refractivity contribution in [3.63, 3.8) is 0 Å². The summed E-state index contributed by atoms with van der Waals surface area (Å²) in [5, 5.41) is 55.2. The first-order valence-corrected chi connectivity index (χ1v) is 26.7. The third-order valence-corrected chi connectivity index (χ3v) is 13.4. The van der Waals surface area contributed by atoms with E-state index in [2.05, 4.69) is 81.2 Å². The largest absolute Gasteiger partial charge is 1.00 e. The average molecular weight is 1210 g/mol. The zero-order chi connectivity index (χ0) is 54.7. The van der Waals surface area contributed by atoms with E-state index in [0.717, 1.165) is 24.3 Å². The molecule has 0 fully saturated rings. The molecule has 0 bridgehead atoms. The van der Waals surface area contributed by atoms with Gasteiger partial charge in [0.05, 0.1) is 60.9 Å². The van der Waals surface area contributed by atoms with Crippen molar-refractivity contribution in [1.29, 1.82) is 0 Å². The van der Waals surface area contributed by atoms with Crippen molar-refractivity contribution in [3.8, 4) is 0 Å². The fourth-order valence-electron chi connectivity index (χ4n) is 6.59. The molecule has 7 aromatic carbocycles. The second-order valence-electron chi connectivity index (χ2n) is 15.7. The standard InChI is InChI=1S/C47H38N14O12S4.4Na/c1-28-24-33(12-20-39(28)58-60-41-22-14-35(26-43(41)76(66,67)68)56-54-31-8-16-37(17-9-31)74-73-72-62)49-46-51-45(48-30-6-4-3-5-7-30)52-47(53-46)50-34-13-21-40(29(2)25-34)59-61-42-23-15-36(27-44(42)77(69,70)71)57-55-32-10-18-38(19-11-32)75(63,64)65;;;;/h3-27,62H,1-2H3,(H,63,64,65)(H,66,67,68)(H,69,70,71)(H3,48,49,50,51,52,53);;;;/q;4*+1/p-4. The third kappa shape index (κ3) is 20.3. The van der Waals surface area contributed by atoms with Gasteiger partial charge in [0.1, 0.15) is 41.7 Å². The first-order chi connectivity index (χ1) is 36.7. The zero-order valence-corrected chi connectivity index (χ0v) is 54.7. The van der Waals surface area contributed by atoms with E-state index in [-0.39, 0.29) is 165 Å². The number of para-hydroxylation sites is 1. The first-order valence-electron chi connectivity index (χ1n) is 21.8. The summed E-state index contributed by atoms with van der Waals surface area (Å²) in [7, 11) is -14.8. The number of nitrogens with zero attached hydrogens (tertiary/aromatic N) is 11. The summed E-state index contributed by atoms with van der Waals surface area (Å²) in [6, 6.07) is 37.0. The van der Waals surface area contributed by atoms with Crippen molar-refractivity contribution in [1.82, 2.24) is 15.0 Å². The first kappa shape index (κ1) is 68.8. The number of hydrogen-bond donors (Lipinski definition) is 3. The van der Waals surface area contributed by atoms with Crippen molar-refractivity contribution in [3.05, 3.63) is 163 Å². The van der Waals surface area contributed by atoms with E-state index in [1.807, 2.05) is 30.3 Å². The molecule has 0 aliphatic carbocycles. The molecule has 392 valence electrons. The molecule has 8 aromatic rings. The van der Waals surface area contributed by atoms with E-state index in [0.29, 0.717) is 62.2 Å². The van der Waals surface area contributed by atoms with E-state index < -0.39 is 45.0 Å². The number of nitrogens with one attached hydrogen (secondary N) is 3. The van der Waals surface area contributed by atoms with Crippen LogP contribution in [0, 0.1) is 13.8 Å². The van der Waals surface area contributed by atoms with Gasteiger partial charge in [-0.2, -0.15) is 50.0 Å². The molecule has 0 saturated heterocycles. The molecule has 0 radical (unpaired) electrons. The van der Waals surface area contributed by atoms with Crippen molar-refractivity contribution in [2.45, 2.75) is 33.4 Å². The molecule has 8 rings (SSSR count). The summed E-state index contributed by atoms with van der Waals surface area (Å²) in [6.07, 6.45) is 0. The Balaban J connectivity index is 0.00000353. The van der Waals surface area contributed by atoms with Crippen LogP contribution in [0.4, 0.5) is 80.4 Å². The molecule has 0 atom stereocenters. The summed E-state index contributed by atoms with van der Waals surface area (Å²) in [5.41, 5.74) is 3.53. The minimum absolute atomic E-state index is 0. The van der Waals surface area contributed by atoms with E-state index in [1.54, 1.807) is 74.5 Å². The molecule has 1 heterocycles. The van der Waals surface area contributed by atoms with E-state index in [4.69, 9.17) is 0 Å². The van der Waals surface area contributed by atoms with Crippen molar-refractivity contribution in [2.75, 3.05) is 16.0 Å². The molecule has 0 aliphatic heterocycles. The van der Waals surface area contributed by atoms with Gasteiger partial charge in [-0.15, -0.1) is 10.2 Å². The molecule has 0 amide bonds. The Kier molecular flexibility index (Phi) is 26.6. The Morgan fingerprint density at radius 2 is 0.790 bits per heavy atom. The summed E-state index contributed by atoms with van der Waals surface area (Å²) in [6.45, 7) is 3.45. The monoisotopic (exact) mass is 1210 g/mol. The van der Waals surface area contributed by atoms with Crippen molar-refractivity contribution in [2.24, 2.45) is 40.9 Å². The van der Waals surface area contributed by atoms with Crippen LogP contribution in [0.3, 0.4) is 0 Å². The van der Waals surface area contributed by atoms with Crippen LogP contribution in [0.2, 0.25) is 0 Å². The Hall–Kier alpha value is -4.69. The third-order valence-electron chi connectivity index (χ3n) is 10.2. The summed E-state index contributed by atoms with van der Waals surface area (Å²) in [5.74, 6) is 0.379. The molecule has 0 unspecified atom stereocenters.